The van der Waals surface area contributed by atoms with Gasteiger partial charge >= 0.3 is 0 Å². The molecule has 2 fully saturated rings. The number of hydrogen-bond acceptors (Lipinski definition) is 7. The van der Waals surface area contributed by atoms with Gasteiger partial charge in [0.15, 0.2) is 11.5 Å². The molecule has 2 aromatic rings. The number of amides is 1. The molecule has 0 bridgehead atoms. The van der Waals surface area contributed by atoms with Crippen LogP contribution in [0.3, 0.4) is 0 Å². The number of rotatable bonds is 7. The van der Waals surface area contributed by atoms with Crippen LogP contribution in [0.4, 0.5) is 4.39 Å². The Morgan fingerprint density at radius 3 is 2.41 bits per heavy atom. The Morgan fingerprint density at radius 1 is 1.06 bits per heavy atom. The van der Waals surface area contributed by atoms with E-state index in [1.165, 1.54) is 43.4 Å². The standard InChI is InChI=1S/C25H27FN2O6/c1-32-19-5-3-4-18(24(19)33-2)21-20(22(29)16-6-8-17(26)9-7-16)23(30)25(31)28(21)11-10-27-12-14-34-15-13-27/h3-9,21,29H,10-15H2,1-2H3/b22-20-. The molecule has 9 heteroatoms. The highest BCUT2D eigenvalue weighted by atomic mass is 19.1. The van der Waals surface area contributed by atoms with Gasteiger partial charge in [0.1, 0.15) is 11.6 Å². The number of likely N-dealkylation sites (tertiary alicyclic amines) is 1. The third-order valence-electron chi connectivity index (χ3n) is 6.15. The van der Waals surface area contributed by atoms with Crippen molar-refractivity contribution in [2.45, 2.75) is 6.04 Å². The van der Waals surface area contributed by atoms with Gasteiger partial charge in [-0.05, 0) is 30.3 Å². The minimum atomic E-state index is -0.906. The van der Waals surface area contributed by atoms with Crippen LogP contribution in [0.15, 0.2) is 48.0 Å². The van der Waals surface area contributed by atoms with Crippen LogP contribution in [0, 0.1) is 5.82 Å². The first-order valence-electron chi connectivity index (χ1n) is 11.0. The zero-order valence-corrected chi connectivity index (χ0v) is 19.1. The van der Waals surface area contributed by atoms with Crippen LogP contribution in [0.5, 0.6) is 11.5 Å². The van der Waals surface area contributed by atoms with Crippen molar-refractivity contribution < 1.29 is 33.3 Å². The predicted molar refractivity (Wildman–Crippen MR) is 122 cm³/mol. The van der Waals surface area contributed by atoms with E-state index in [0.717, 1.165) is 13.1 Å². The second kappa shape index (κ2) is 10.2. The molecule has 8 nitrogen and oxygen atoms in total. The Hall–Kier alpha value is -3.43. The zero-order valence-electron chi connectivity index (χ0n) is 19.1. The molecular weight excluding hydrogens is 443 g/mol. The maximum atomic E-state index is 13.5. The van der Waals surface area contributed by atoms with Crippen molar-refractivity contribution in [2.75, 3.05) is 53.6 Å². The third-order valence-corrected chi connectivity index (χ3v) is 6.15. The molecule has 2 aliphatic rings. The van der Waals surface area contributed by atoms with Crippen LogP contribution in [-0.2, 0) is 14.3 Å². The van der Waals surface area contributed by atoms with Crippen molar-refractivity contribution in [1.29, 1.82) is 0 Å². The van der Waals surface area contributed by atoms with Gasteiger partial charge in [-0.2, -0.15) is 0 Å². The number of halogens is 1. The van der Waals surface area contributed by atoms with Crippen molar-refractivity contribution in [3.05, 3.63) is 65.0 Å². The van der Waals surface area contributed by atoms with E-state index >= 15 is 0 Å². The molecule has 34 heavy (non-hydrogen) atoms. The number of Topliss-reactive ketones (excluding diaryl/α,β-unsaturated/α-hetero) is 1. The van der Waals surface area contributed by atoms with E-state index in [2.05, 4.69) is 4.90 Å². The van der Waals surface area contributed by atoms with E-state index in [-0.39, 0.29) is 23.4 Å². The number of morpholine rings is 1. The van der Waals surface area contributed by atoms with E-state index in [0.29, 0.717) is 36.8 Å². The molecule has 0 aromatic heterocycles. The fraction of sp³-hybridized carbons (Fsp3) is 0.360. The first-order valence-corrected chi connectivity index (χ1v) is 11.0. The minimum absolute atomic E-state index is 0.0786. The number of nitrogens with zero attached hydrogens (tertiary/aromatic N) is 2. The Kier molecular flexibility index (Phi) is 7.14. The Bertz CT molecular complexity index is 1100. The average Bonchev–Trinajstić information content (AvgIpc) is 3.12. The molecule has 1 amide bonds. The first kappa shape index (κ1) is 23.7. The van der Waals surface area contributed by atoms with Gasteiger partial charge in [0.05, 0.1) is 39.0 Å². The molecule has 1 unspecified atom stereocenters. The summed E-state index contributed by atoms with van der Waals surface area (Å²) in [6, 6.07) is 9.37. The molecule has 1 atom stereocenters. The summed E-state index contributed by atoms with van der Waals surface area (Å²) in [6.07, 6.45) is 0. The molecule has 2 aromatic carbocycles. The second-order valence-electron chi connectivity index (χ2n) is 8.04. The average molecular weight is 470 g/mol. The molecule has 2 heterocycles. The molecule has 0 saturated carbocycles. The van der Waals surface area contributed by atoms with Gasteiger partial charge in [0.2, 0.25) is 0 Å². The SMILES string of the molecule is COc1cccc(C2/C(=C(/O)c3ccc(F)cc3)C(=O)C(=O)N2CCN2CCOCC2)c1OC. The second-order valence-corrected chi connectivity index (χ2v) is 8.04. The van der Waals surface area contributed by atoms with E-state index < -0.39 is 23.5 Å². The summed E-state index contributed by atoms with van der Waals surface area (Å²) in [6.45, 7) is 3.47. The smallest absolute Gasteiger partial charge is 0.295 e. The molecule has 1 N–H and O–H groups in total. The van der Waals surface area contributed by atoms with E-state index in [1.807, 2.05) is 0 Å². The third kappa shape index (κ3) is 4.49. The molecule has 2 aliphatic heterocycles. The van der Waals surface area contributed by atoms with Crippen molar-refractivity contribution in [3.8, 4) is 11.5 Å². The quantitative estimate of drug-likeness (QED) is 0.378. The lowest BCUT2D eigenvalue weighted by Gasteiger charge is -2.31. The summed E-state index contributed by atoms with van der Waals surface area (Å²) in [5, 5.41) is 11.1. The molecular formula is C25H27FN2O6. The molecule has 2 saturated heterocycles. The summed E-state index contributed by atoms with van der Waals surface area (Å²) in [4.78, 5) is 30.0. The van der Waals surface area contributed by atoms with Crippen molar-refractivity contribution in [2.24, 2.45) is 0 Å². The highest BCUT2D eigenvalue weighted by Gasteiger charge is 2.47. The van der Waals surface area contributed by atoms with Crippen LogP contribution in [0.1, 0.15) is 17.2 Å². The topological polar surface area (TPSA) is 88.5 Å². The summed E-state index contributed by atoms with van der Waals surface area (Å²) in [5.74, 6) is -1.58. The van der Waals surface area contributed by atoms with E-state index in [9.17, 15) is 19.1 Å². The van der Waals surface area contributed by atoms with Crippen molar-refractivity contribution in [1.82, 2.24) is 9.80 Å². The van der Waals surface area contributed by atoms with Crippen LogP contribution in [-0.4, -0.2) is 80.2 Å². The largest absolute Gasteiger partial charge is 0.507 e. The van der Waals surface area contributed by atoms with Crippen LogP contribution in [0.2, 0.25) is 0 Å². The summed E-state index contributed by atoms with van der Waals surface area (Å²) >= 11 is 0. The van der Waals surface area contributed by atoms with Gasteiger partial charge in [0, 0.05) is 37.3 Å². The van der Waals surface area contributed by atoms with Crippen molar-refractivity contribution in [3.63, 3.8) is 0 Å². The minimum Gasteiger partial charge on any atom is -0.507 e. The number of ketones is 1. The maximum absolute atomic E-state index is 13.5. The number of aliphatic hydroxyl groups excluding tert-OH is 1. The highest BCUT2D eigenvalue weighted by molar-refractivity contribution is 6.46. The molecule has 0 spiro atoms. The highest BCUT2D eigenvalue weighted by Crippen LogP contribution is 2.45. The molecule has 4 rings (SSSR count). The van der Waals surface area contributed by atoms with Crippen molar-refractivity contribution >= 4 is 17.4 Å². The lowest BCUT2D eigenvalue weighted by atomic mass is 9.94. The van der Waals surface area contributed by atoms with E-state index in [4.69, 9.17) is 14.2 Å². The Balaban J connectivity index is 1.81. The maximum Gasteiger partial charge on any atom is 0.295 e. The van der Waals surface area contributed by atoms with Gasteiger partial charge < -0.3 is 24.2 Å². The van der Waals surface area contributed by atoms with E-state index in [1.54, 1.807) is 18.2 Å². The molecule has 0 aliphatic carbocycles. The number of methoxy groups -OCH3 is 2. The lowest BCUT2D eigenvalue weighted by Crippen LogP contribution is -2.42. The fourth-order valence-electron chi connectivity index (χ4n) is 4.40. The number of carbonyl (C=O) groups excluding carboxylic acids is 2. The number of aliphatic hydroxyl groups is 1. The predicted octanol–water partition coefficient (Wildman–Crippen LogP) is 2.60. The number of carbonyl (C=O) groups is 2. The molecule has 180 valence electrons. The summed E-state index contributed by atoms with van der Waals surface area (Å²) < 4.78 is 29.9. The summed E-state index contributed by atoms with van der Waals surface area (Å²) in [5.41, 5.74) is 0.663. The number of benzene rings is 2. The van der Waals surface area contributed by atoms with Gasteiger partial charge in [-0.1, -0.05) is 12.1 Å². The monoisotopic (exact) mass is 470 g/mol. The number of para-hydroxylation sites is 1. The Labute approximate surface area is 197 Å². The van der Waals surface area contributed by atoms with Gasteiger partial charge in [0.25, 0.3) is 11.7 Å². The Morgan fingerprint density at radius 2 is 1.76 bits per heavy atom. The molecule has 0 radical (unpaired) electrons. The fourth-order valence-corrected chi connectivity index (χ4v) is 4.40. The van der Waals surface area contributed by atoms with Crippen LogP contribution >= 0.6 is 0 Å². The van der Waals surface area contributed by atoms with Crippen LogP contribution < -0.4 is 9.47 Å². The normalized spacial score (nSPS) is 20.6. The van der Waals surface area contributed by atoms with Gasteiger partial charge in [-0.3, -0.25) is 14.5 Å². The first-order chi connectivity index (χ1) is 16.5. The van der Waals surface area contributed by atoms with Crippen LogP contribution in [0.25, 0.3) is 5.76 Å². The van der Waals surface area contributed by atoms with Gasteiger partial charge in [-0.25, -0.2) is 4.39 Å². The number of hydrogen-bond donors (Lipinski definition) is 1. The van der Waals surface area contributed by atoms with Gasteiger partial charge in [-0.15, -0.1) is 0 Å². The lowest BCUT2D eigenvalue weighted by molar-refractivity contribution is -0.140. The number of ether oxygens (including phenoxy) is 3. The zero-order chi connectivity index (χ0) is 24.2. The summed E-state index contributed by atoms with van der Waals surface area (Å²) in [7, 11) is 2.97.